The highest BCUT2D eigenvalue weighted by Crippen LogP contribution is 2.14. The molecule has 3 heteroatoms. The second kappa shape index (κ2) is 4.17. The first-order valence-electron chi connectivity index (χ1n) is 4.93. The summed E-state index contributed by atoms with van der Waals surface area (Å²) in [5, 5.41) is 1.09. The summed E-state index contributed by atoms with van der Waals surface area (Å²) >= 11 is 0. The molecule has 0 spiro atoms. The van der Waals surface area contributed by atoms with Gasteiger partial charge in [-0.15, -0.1) is 0 Å². The van der Waals surface area contributed by atoms with Crippen molar-refractivity contribution in [1.82, 2.24) is 4.98 Å². The Bertz CT molecular complexity index is 440. The third-order valence-corrected chi connectivity index (χ3v) is 2.16. The fourth-order valence-corrected chi connectivity index (χ4v) is 1.54. The Balaban J connectivity index is 2.18. The molecule has 1 radical (unpaired) electrons. The number of benzene rings is 1. The van der Waals surface area contributed by atoms with Gasteiger partial charge in [-0.2, -0.15) is 0 Å². The molecule has 0 saturated carbocycles. The molecule has 1 N–H and O–H groups in total. The van der Waals surface area contributed by atoms with Gasteiger partial charge in [-0.3, -0.25) is 4.79 Å². The van der Waals surface area contributed by atoms with Crippen molar-refractivity contribution in [2.75, 3.05) is 6.61 Å². The van der Waals surface area contributed by atoms with Gasteiger partial charge in [0.1, 0.15) is 0 Å². The molecule has 0 amide bonds. The maximum atomic E-state index is 11.2. The van der Waals surface area contributed by atoms with Crippen molar-refractivity contribution in [1.29, 1.82) is 0 Å². The van der Waals surface area contributed by atoms with E-state index in [0.29, 0.717) is 13.0 Å². The Morgan fingerprint density at radius 1 is 1.60 bits per heavy atom. The minimum Gasteiger partial charge on any atom is -0.466 e. The highest BCUT2D eigenvalue weighted by Gasteiger charge is 2.06. The lowest BCUT2D eigenvalue weighted by molar-refractivity contribution is -0.142. The predicted octanol–water partition coefficient (Wildman–Crippen LogP) is 2.07. The number of carbonyl (C=O) groups excluding carboxylic acids is 1. The largest absolute Gasteiger partial charge is 0.466 e. The first-order chi connectivity index (χ1) is 7.29. The van der Waals surface area contributed by atoms with E-state index in [1.54, 1.807) is 6.92 Å². The molecule has 0 aliphatic carbocycles. The monoisotopic (exact) mass is 202 g/mol. The number of ether oxygens (including phenoxy) is 1. The molecule has 1 aromatic carbocycles. The zero-order valence-electron chi connectivity index (χ0n) is 8.54. The average molecular weight is 202 g/mol. The number of hydrogen-bond acceptors (Lipinski definition) is 2. The third kappa shape index (κ3) is 2.18. The standard InChI is InChI=1S/C12H12NO2/c1-2-15-12(14)8-10-7-9-5-3-4-6-11(9)13-10/h3,5-7,13H,2,8H2,1H3. The zero-order chi connectivity index (χ0) is 10.7. The van der Waals surface area contributed by atoms with E-state index < -0.39 is 0 Å². The SMILES string of the molecule is CCOC(=O)Cc1cc2cc[c]cc2[nH]1. The predicted molar refractivity (Wildman–Crippen MR) is 57.5 cm³/mol. The summed E-state index contributed by atoms with van der Waals surface area (Å²) in [4.78, 5) is 14.4. The molecule has 0 saturated heterocycles. The number of rotatable bonds is 3. The summed E-state index contributed by atoms with van der Waals surface area (Å²) in [6.45, 7) is 2.23. The zero-order valence-corrected chi connectivity index (χ0v) is 8.54. The van der Waals surface area contributed by atoms with Crippen LogP contribution in [0.3, 0.4) is 0 Å². The van der Waals surface area contributed by atoms with E-state index >= 15 is 0 Å². The van der Waals surface area contributed by atoms with Crippen LogP contribution in [0.15, 0.2) is 24.3 Å². The Labute approximate surface area is 88.1 Å². The molecule has 0 bridgehead atoms. The Kier molecular flexibility index (Phi) is 2.72. The van der Waals surface area contributed by atoms with Crippen LogP contribution in [0.5, 0.6) is 0 Å². The first-order valence-corrected chi connectivity index (χ1v) is 4.93. The molecule has 1 aromatic heterocycles. The van der Waals surface area contributed by atoms with Crippen molar-refractivity contribution in [2.24, 2.45) is 0 Å². The molecule has 0 aliphatic heterocycles. The average Bonchev–Trinajstić information content (AvgIpc) is 2.59. The molecular formula is C12H12NO2. The van der Waals surface area contributed by atoms with Gasteiger partial charge in [0, 0.05) is 11.2 Å². The van der Waals surface area contributed by atoms with E-state index in [-0.39, 0.29) is 5.97 Å². The number of esters is 1. The molecule has 77 valence electrons. The number of fused-ring (bicyclic) bond motifs is 1. The van der Waals surface area contributed by atoms with Gasteiger partial charge in [-0.05, 0) is 30.5 Å². The molecule has 0 fully saturated rings. The van der Waals surface area contributed by atoms with Gasteiger partial charge >= 0.3 is 5.97 Å². The quantitative estimate of drug-likeness (QED) is 0.774. The summed E-state index contributed by atoms with van der Waals surface area (Å²) in [5.41, 5.74) is 1.87. The van der Waals surface area contributed by atoms with Crippen molar-refractivity contribution >= 4 is 16.9 Å². The molecule has 1 heterocycles. The summed E-state index contributed by atoms with van der Waals surface area (Å²) in [6.07, 6.45) is 0.294. The summed E-state index contributed by atoms with van der Waals surface area (Å²) < 4.78 is 4.88. The maximum Gasteiger partial charge on any atom is 0.311 e. The van der Waals surface area contributed by atoms with Gasteiger partial charge in [0.25, 0.3) is 0 Å². The van der Waals surface area contributed by atoms with E-state index in [4.69, 9.17) is 4.74 Å². The van der Waals surface area contributed by atoms with E-state index in [1.165, 1.54) is 0 Å². The van der Waals surface area contributed by atoms with Gasteiger partial charge < -0.3 is 9.72 Å². The van der Waals surface area contributed by atoms with Crippen LogP contribution >= 0.6 is 0 Å². The highest BCUT2D eigenvalue weighted by molar-refractivity contribution is 5.82. The van der Waals surface area contributed by atoms with Crippen molar-refractivity contribution in [3.63, 3.8) is 0 Å². The van der Waals surface area contributed by atoms with Crippen molar-refractivity contribution in [3.05, 3.63) is 36.0 Å². The number of carbonyl (C=O) groups is 1. The third-order valence-electron chi connectivity index (χ3n) is 2.16. The molecule has 0 atom stereocenters. The lowest BCUT2D eigenvalue weighted by Crippen LogP contribution is -2.07. The molecule has 0 aliphatic rings. The van der Waals surface area contributed by atoms with E-state index in [2.05, 4.69) is 11.1 Å². The second-order valence-corrected chi connectivity index (χ2v) is 3.29. The van der Waals surface area contributed by atoms with E-state index in [9.17, 15) is 4.79 Å². The van der Waals surface area contributed by atoms with E-state index in [1.807, 2.05) is 24.3 Å². The smallest absolute Gasteiger partial charge is 0.311 e. The Morgan fingerprint density at radius 2 is 2.47 bits per heavy atom. The van der Waals surface area contributed by atoms with Crippen LogP contribution in [-0.4, -0.2) is 17.6 Å². The lowest BCUT2D eigenvalue weighted by Gasteiger charge is -1.98. The van der Waals surface area contributed by atoms with Gasteiger partial charge in [0.15, 0.2) is 0 Å². The van der Waals surface area contributed by atoms with Gasteiger partial charge in [0.05, 0.1) is 13.0 Å². The molecule has 2 aromatic rings. The lowest BCUT2D eigenvalue weighted by atomic mass is 10.2. The normalized spacial score (nSPS) is 10.5. The van der Waals surface area contributed by atoms with Crippen LogP contribution in [-0.2, 0) is 16.0 Å². The number of aromatic nitrogens is 1. The minimum atomic E-state index is -0.201. The van der Waals surface area contributed by atoms with Crippen LogP contribution in [0.2, 0.25) is 0 Å². The molecule has 0 unspecified atom stereocenters. The first kappa shape index (κ1) is 9.77. The maximum absolute atomic E-state index is 11.2. The summed E-state index contributed by atoms with van der Waals surface area (Å²) in [6, 6.07) is 10.6. The molecule has 15 heavy (non-hydrogen) atoms. The Hall–Kier alpha value is -1.77. The van der Waals surface area contributed by atoms with Gasteiger partial charge in [-0.25, -0.2) is 0 Å². The van der Waals surface area contributed by atoms with Crippen LogP contribution < -0.4 is 0 Å². The van der Waals surface area contributed by atoms with Crippen molar-refractivity contribution < 1.29 is 9.53 Å². The topological polar surface area (TPSA) is 42.1 Å². The molecule has 3 nitrogen and oxygen atoms in total. The van der Waals surface area contributed by atoms with Crippen LogP contribution in [0.4, 0.5) is 0 Å². The number of aromatic amines is 1. The number of H-pyrrole nitrogens is 1. The van der Waals surface area contributed by atoms with Crippen LogP contribution in [0, 0.1) is 6.07 Å². The fourth-order valence-electron chi connectivity index (χ4n) is 1.54. The van der Waals surface area contributed by atoms with Crippen LogP contribution in [0.1, 0.15) is 12.6 Å². The van der Waals surface area contributed by atoms with E-state index in [0.717, 1.165) is 16.6 Å². The van der Waals surface area contributed by atoms with Crippen LogP contribution in [0.25, 0.3) is 10.9 Å². The minimum absolute atomic E-state index is 0.201. The highest BCUT2D eigenvalue weighted by atomic mass is 16.5. The van der Waals surface area contributed by atoms with Crippen molar-refractivity contribution in [3.8, 4) is 0 Å². The Morgan fingerprint density at radius 3 is 3.20 bits per heavy atom. The van der Waals surface area contributed by atoms with Gasteiger partial charge in [-0.1, -0.05) is 12.1 Å². The molecular weight excluding hydrogens is 190 g/mol. The summed E-state index contributed by atoms with van der Waals surface area (Å²) in [5.74, 6) is -0.201. The number of nitrogens with one attached hydrogen (secondary N) is 1. The fraction of sp³-hybridized carbons (Fsp3) is 0.250. The van der Waals surface area contributed by atoms with Crippen molar-refractivity contribution in [2.45, 2.75) is 13.3 Å². The number of hydrogen-bond donors (Lipinski definition) is 1. The summed E-state index contributed by atoms with van der Waals surface area (Å²) in [7, 11) is 0. The second-order valence-electron chi connectivity index (χ2n) is 3.29. The molecule has 2 rings (SSSR count). The van der Waals surface area contributed by atoms with Gasteiger partial charge in [0.2, 0.25) is 0 Å².